The summed E-state index contributed by atoms with van der Waals surface area (Å²) >= 11 is 0. The second kappa shape index (κ2) is 8.07. The molecular weight excluding hydrogens is 364 g/mol. The minimum Gasteiger partial charge on any atom is -0.372 e. The molecule has 4 rings (SSSR count). The van der Waals surface area contributed by atoms with Crippen molar-refractivity contribution < 1.29 is 4.79 Å². The van der Waals surface area contributed by atoms with E-state index in [-0.39, 0.29) is 11.0 Å². The molecule has 6 nitrogen and oxygen atoms in total. The fourth-order valence-corrected chi connectivity index (χ4v) is 3.87. The number of nitrogens with zero attached hydrogens (tertiary/aromatic N) is 3. The van der Waals surface area contributed by atoms with E-state index in [1.807, 2.05) is 42.7 Å². The Bertz CT molecular complexity index is 1100. The van der Waals surface area contributed by atoms with Crippen LogP contribution in [0.2, 0.25) is 0 Å². The predicted octanol–water partition coefficient (Wildman–Crippen LogP) is 3.97. The molecule has 0 radical (unpaired) electrons. The van der Waals surface area contributed by atoms with E-state index >= 15 is 0 Å². The average Bonchev–Trinajstić information content (AvgIpc) is 2.75. The number of aromatic nitrogens is 2. The molecule has 0 aliphatic carbocycles. The molecular formula is C23H26N4O2. The number of fused-ring (bicyclic) bond motifs is 1. The van der Waals surface area contributed by atoms with Gasteiger partial charge >= 0.3 is 0 Å². The summed E-state index contributed by atoms with van der Waals surface area (Å²) in [6.45, 7) is 6.63. The van der Waals surface area contributed by atoms with Crippen molar-refractivity contribution in [2.24, 2.45) is 0 Å². The van der Waals surface area contributed by atoms with Crippen LogP contribution in [-0.2, 0) is 6.54 Å². The maximum absolute atomic E-state index is 12.9. The van der Waals surface area contributed by atoms with Gasteiger partial charge in [0.25, 0.3) is 5.91 Å². The number of carbonyl (C=O) groups excluding carboxylic acids is 1. The SMILES string of the molecule is CCn1cc(C(=O)Nc2ccc(N3CCCCC3)cc2)c(=O)c2ccc(C)nc21. The number of piperidine rings is 1. The Morgan fingerprint density at radius 2 is 1.79 bits per heavy atom. The summed E-state index contributed by atoms with van der Waals surface area (Å²) < 4.78 is 1.85. The molecule has 1 fully saturated rings. The fraction of sp³-hybridized carbons (Fsp3) is 0.348. The van der Waals surface area contributed by atoms with E-state index in [0.717, 1.165) is 18.8 Å². The average molecular weight is 390 g/mol. The van der Waals surface area contributed by atoms with Gasteiger partial charge in [-0.1, -0.05) is 0 Å². The molecule has 0 spiro atoms. The van der Waals surface area contributed by atoms with Gasteiger partial charge in [-0.25, -0.2) is 4.98 Å². The Morgan fingerprint density at radius 1 is 1.07 bits per heavy atom. The number of aryl methyl sites for hydroxylation is 2. The Hall–Kier alpha value is -3.15. The highest BCUT2D eigenvalue weighted by molar-refractivity contribution is 6.05. The molecule has 150 valence electrons. The molecule has 3 aromatic rings. The van der Waals surface area contributed by atoms with Crippen molar-refractivity contribution in [1.29, 1.82) is 0 Å². The zero-order valence-corrected chi connectivity index (χ0v) is 16.9. The molecule has 6 heteroatoms. The lowest BCUT2D eigenvalue weighted by Crippen LogP contribution is -2.29. The molecule has 0 atom stereocenters. The maximum atomic E-state index is 12.9. The molecule has 1 saturated heterocycles. The summed E-state index contributed by atoms with van der Waals surface area (Å²) in [6.07, 6.45) is 5.34. The van der Waals surface area contributed by atoms with E-state index < -0.39 is 5.91 Å². The van der Waals surface area contributed by atoms with E-state index in [0.29, 0.717) is 23.3 Å². The first kappa shape index (κ1) is 19.2. The summed E-state index contributed by atoms with van der Waals surface area (Å²) in [5, 5.41) is 3.33. The van der Waals surface area contributed by atoms with E-state index in [9.17, 15) is 9.59 Å². The highest BCUT2D eigenvalue weighted by Gasteiger charge is 2.17. The van der Waals surface area contributed by atoms with Crippen molar-refractivity contribution in [3.05, 3.63) is 64.1 Å². The van der Waals surface area contributed by atoms with Crippen molar-refractivity contribution in [3.63, 3.8) is 0 Å². The second-order valence-corrected chi connectivity index (χ2v) is 7.53. The number of nitrogens with one attached hydrogen (secondary N) is 1. The number of rotatable bonds is 4. The number of amides is 1. The third-order valence-electron chi connectivity index (χ3n) is 5.49. The van der Waals surface area contributed by atoms with Crippen LogP contribution in [0.3, 0.4) is 0 Å². The Labute approximate surface area is 170 Å². The van der Waals surface area contributed by atoms with Crippen LogP contribution < -0.4 is 15.6 Å². The minimum absolute atomic E-state index is 0.130. The highest BCUT2D eigenvalue weighted by Crippen LogP contribution is 2.22. The molecule has 3 heterocycles. The van der Waals surface area contributed by atoms with Crippen LogP contribution >= 0.6 is 0 Å². The van der Waals surface area contributed by atoms with Gasteiger partial charge in [0.1, 0.15) is 11.2 Å². The molecule has 0 saturated carbocycles. The van der Waals surface area contributed by atoms with Gasteiger partial charge in [0.05, 0.1) is 5.39 Å². The molecule has 1 amide bonds. The van der Waals surface area contributed by atoms with E-state index in [2.05, 4.69) is 15.2 Å². The number of carbonyl (C=O) groups is 1. The van der Waals surface area contributed by atoms with Crippen molar-refractivity contribution in [3.8, 4) is 0 Å². The van der Waals surface area contributed by atoms with Gasteiger partial charge in [0.15, 0.2) is 0 Å². The summed E-state index contributed by atoms with van der Waals surface area (Å²) in [5.74, 6) is -0.398. The third kappa shape index (κ3) is 3.88. The number of benzene rings is 1. The van der Waals surface area contributed by atoms with Crippen LogP contribution in [0.5, 0.6) is 0 Å². The molecule has 1 aliphatic heterocycles. The molecule has 29 heavy (non-hydrogen) atoms. The molecule has 1 aromatic carbocycles. The van der Waals surface area contributed by atoms with Crippen LogP contribution in [0.4, 0.5) is 11.4 Å². The predicted molar refractivity (Wildman–Crippen MR) is 117 cm³/mol. The lowest BCUT2D eigenvalue weighted by atomic mass is 10.1. The van der Waals surface area contributed by atoms with Crippen LogP contribution in [0, 0.1) is 6.92 Å². The van der Waals surface area contributed by atoms with Gasteiger partial charge in [0.2, 0.25) is 5.43 Å². The first-order valence-corrected chi connectivity index (χ1v) is 10.2. The van der Waals surface area contributed by atoms with Gasteiger partial charge in [-0.3, -0.25) is 9.59 Å². The van der Waals surface area contributed by atoms with Crippen LogP contribution in [0.1, 0.15) is 42.2 Å². The topological polar surface area (TPSA) is 67.2 Å². The van der Waals surface area contributed by atoms with Crippen molar-refractivity contribution >= 4 is 28.3 Å². The quantitative estimate of drug-likeness (QED) is 0.732. The smallest absolute Gasteiger partial charge is 0.261 e. The largest absolute Gasteiger partial charge is 0.372 e. The number of pyridine rings is 2. The lowest BCUT2D eigenvalue weighted by molar-refractivity contribution is 0.102. The summed E-state index contributed by atoms with van der Waals surface area (Å²) in [6, 6.07) is 11.4. The summed E-state index contributed by atoms with van der Waals surface area (Å²) in [5.41, 5.74) is 3.14. The zero-order valence-electron chi connectivity index (χ0n) is 16.9. The van der Waals surface area contributed by atoms with Gasteiger partial charge in [0, 0.05) is 42.9 Å². The molecule has 1 aliphatic rings. The van der Waals surface area contributed by atoms with Gasteiger partial charge in [-0.05, 0) is 69.5 Å². The van der Waals surface area contributed by atoms with Gasteiger partial charge < -0.3 is 14.8 Å². The van der Waals surface area contributed by atoms with E-state index in [1.54, 1.807) is 18.3 Å². The molecule has 0 unspecified atom stereocenters. The fourth-order valence-electron chi connectivity index (χ4n) is 3.87. The van der Waals surface area contributed by atoms with Crippen molar-refractivity contribution in [2.75, 3.05) is 23.3 Å². The lowest BCUT2D eigenvalue weighted by Gasteiger charge is -2.28. The first-order chi connectivity index (χ1) is 14.1. The summed E-state index contributed by atoms with van der Waals surface area (Å²) in [7, 11) is 0. The minimum atomic E-state index is -0.398. The zero-order chi connectivity index (χ0) is 20.4. The van der Waals surface area contributed by atoms with Crippen molar-refractivity contribution in [2.45, 2.75) is 39.7 Å². The molecule has 2 aromatic heterocycles. The third-order valence-corrected chi connectivity index (χ3v) is 5.49. The standard InChI is InChI=1S/C23H26N4O2/c1-3-26-15-20(21(28)19-12-7-16(2)24-22(19)26)23(29)25-17-8-10-18(11-9-17)27-13-5-4-6-14-27/h7-12,15H,3-6,13-14H2,1-2H3,(H,25,29). The van der Waals surface area contributed by atoms with Crippen LogP contribution in [0.15, 0.2) is 47.4 Å². The number of hydrogen-bond donors (Lipinski definition) is 1. The second-order valence-electron chi connectivity index (χ2n) is 7.53. The normalized spacial score (nSPS) is 14.2. The van der Waals surface area contributed by atoms with Crippen LogP contribution in [-0.4, -0.2) is 28.5 Å². The first-order valence-electron chi connectivity index (χ1n) is 10.2. The molecule has 0 bridgehead atoms. The summed E-state index contributed by atoms with van der Waals surface area (Å²) in [4.78, 5) is 32.6. The van der Waals surface area contributed by atoms with E-state index in [4.69, 9.17) is 0 Å². The number of hydrogen-bond acceptors (Lipinski definition) is 4. The monoisotopic (exact) mass is 390 g/mol. The van der Waals surface area contributed by atoms with Gasteiger partial charge in [-0.15, -0.1) is 0 Å². The number of anilines is 2. The highest BCUT2D eigenvalue weighted by atomic mass is 16.2. The Kier molecular flexibility index (Phi) is 5.34. The van der Waals surface area contributed by atoms with Crippen molar-refractivity contribution in [1.82, 2.24) is 9.55 Å². The van der Waals surface area contributed by atoms with E-state index in [1.165, 1.54) is 24.9 Å². The van der Waals surface area contributed by atoms with Gasteiger partial charge in [-0.2, -0.15) is 0 Å². The van der Waals surface area contributed by atoms with Crippen LogP contribution in [0.25, 0.3) is 11.0 Å². The molecule has 1 N–H and O–H groups in total. The maximum Gasteiger partial charge on any atom is 0.261 e. The Morgan fingerprint density at radius 3 is 2.48 bits per heavy atom. The Balaban J connectivity index is 1.60.